The molecule has 4 aliphatic heterocycles. The van der Waals surface area contributed by atoms with Gasteiger partial charge in [-0.05, 0) is 44.9 Å². The zero-order valence-electron chi connectivity index (χ0n) is 18.1. The molecule has 31 heavy (non-hydrogen) atoms. The van der Waals surface area contributed by atoms with Crippen LogP contribution in [0.15, 0.2) is 77.9 Å². The predicted octanol–water partition coefficient (Wildman–Crippen LogP) is 5.46. The maximum atomic E-state index is 14.4. The molecule has 1 aromatic carbocycles. The monoisotopic (exact) mass is 421 g/mol. The SMILES string of the molecule is C=CC1=C(C)N2C(=C3C1=CCN3Cc1ccc(F)cc1F)CCC2C1CCCN1C=C. The molecule has 0 radical (unpaired) electrons. The lowest BCUT2D eigenvalue weighted by atomic mass is 9.95. The van der Waals surface area contributed by atoms with Gasteiger partial charge in [0.2, 0.25) is 0 Å². The van der Waals surface area contributed by atoms with Crippen molar-refractivity contribution >= 4 is 0 Å². The molecule has 4 aliphatic rings. The molecule has 1 aromatic rings. The largest absolute Gasteiger partial charge is 0.373 e. The number of nitrogens with zero attached hydrogens (tertiary/aromatic N) is 3. The second-order valence-electron chi connectivity index (χ2n) is 8.84. The topological polar surface area (TPSA) is 9.72 Å². The molecule has 0 N–H and O–H groups in total. The van der Waals surface area contributed by atoms with Crippen molar-refractivity contribution in [1.82, 2.24) is 14.7 Å². The van der Waals surface area contributed by atoms with Gasteiger partial charge < -0.3 is 14.7 Å². The average molecular weight is 422 g/mol. The Balaban J connectivity index is 1.53. The van der Waals surface area contributed by atoms with E-state index in [0.29, 0.717) is 24.2 Å². The van der Waals surface area contributed by atoms with Crippen LogP contribution in [0.3, 0.4) is 0 Å². The number of allylic oxidation sites excluding steroid dienone is 4. The van der Waals surface area contributed by atoms with E-state index in [1.54, 1.807) is 6.07 Å². The van der Waals surface area contributed by atoms with Gasteiger partial charge in [0, 0.05) is 59.8 Å². The fourth-order valence-electron chi connectivity index (χ4n) is 5.95. The first-order valence-corrected chi connectivity index (χ1v) is 11.2. The quantitative estimate of drug-likeness (QED) is 0.625. The highest BCUT2D eigenvalue weighted by molar-refractivity contribution is 5.61. The van der Waals surface area contributed by atoms with Crippen molar-refractivity contribution in [2.24, 2.45) is 0 Å². The molecule has 0 amide bonds. The number of rotatable bonds is 5. The van der Waals surface area contributed by atoms with Crippen molar-refractivity contribution in [2.45, 2.75) is 51.2 Å². The van der Waals surface area contributed by atoms with Crippen LogP contribution in [0.25, 0.3) is 0 Å². The molecule has 162 valence electrons. The highest BCUT2D eigenvalue weighted by Gasteiger charge is 2.44. The number of likely N-dealkylation sites (tertiary alicyclic amines) is 1. The molecule has 0 aromatic heterocycles. The average Bonchev–Trinajstić information content (AvgIpc) is 3.47. The number of hydrogen-bond donors (Lipinski definition) is 0. The van der Waals surface area contributed by atoms with Crippen molar-refractivity contribution in [2.75, 3.05) is 13.1 Å². The summed E-state index contributed by atoms with van der Waals surface area (Å²) in [7, 11) is 0. The number of benzene rings is 1. The fraction of sp³-hybridized carbons (Fsp3) is 0.385. The standard InChI is InChI=1S/C26H29F2N3/c1-4-20-17(3)31-24(23-7-6-13-29(23)5-2)10-11-25(31)26-21(20)12-14-30(26)16-18-8-9-19(27)15-22(18)28/h4-5,8-9,12,15,23-24H,1-2,6-7,10-11,13-14,16H2,3H3. The molecule has 2 atom stereocenters. The van der Waals surface area contributed by atoms with Crippen molar-refractivity contribution in [3.8, 4) is 0 Å². The van der Waals surface area contributed by atoms with Crippen LogP contribution < -0.4 is 0 Å². The second-order valence-corrected chi connectivity index (χ2v) is 8.84. The molecule has 5 heteroatoms. The molecular formula is C26H29F2N3. The van der Waals surface area contributed by atoms with Gasteiger partial charge in [-0.15, -0.1) is 0 Å². The molecule has 5 rings (SSSR count). The summed E-state index contributed by atoms with van der Waals surface area (Å²) in [5.74, 6) is -1.03. The van der Waals surface area contributed by atoms with Gasteiger partial charge in [-0.1, -0.05) is 31.4 Å². The van der Waals surface area contributed by atoms with Gasteiger partial charge in [0.25, 0.3) is 0 Å². The zero-order valence-corrected chi connectivity index (χ0v) is 18.1. The predicted molar refractivity (Wildman–Crippen MR) is 120 cm³/mol. The van der Waals surface area contributed by atoms with Crippen LogP contribution in [0.2, 0.25) is 0 Å². The van der Waals surface area contributed by atoms with E-state index >= 15 is 0 Å². The lowest BCUT2D eigenvalue weighted by Crippen LogP contribution is -2.44. The lowest BCUT2D eigenvalue weighted by molar-refractivity contribution is 0.208. The van der Waals surface area contributed by atoms with Crippen LogP contribution in [0.4, 0.5) is 8.78 Å². The smallest absolute Gasteiger partial charge is 0.131 e. The third-order valence-corrected chi connectivity index (χ3v) is 7.30. The Morgan fingerprint density at radius 2 is 2.00 bits per heavy atom. The van der Waals surface area contributed by atoms with E-state index in [9.17, 15) is 8.78 Å². The van der Waals surface area contributed by atoms with Crippen molar-refractivity contribution in [1.29, 1.82) is 0 Å². The van der Waals surface area contributed by atoms with Gasteiger partial charge in [0.1, 0.15) is 11.6 Å². The Kier molecular flexibility index (Phi) is 4.99. The second kappa shape index (κ2) is 7.70. The minimum atomic E-state index is -0.540. The van der Waals surface area contributed by atoms with Crippen LogP contribution in [0.5, 0.6) is 0 Å². The summed E-state index contributed by atoms with van der Waals surface area (Å²) >= 11 is 0. The minimum Gasteiger partial charge on any atom is -0.373 e. The summed E-state index contributed by atoms with van der Waals surface area (Å²) in [6.45, 7) is 12.5. The van der Waals surface area contributed by atoms with E-state index in [1.807, 2.05) is 12.3 Å². The van der Waals surface area contributed by atoms with Gasteiger partial charge in [0.05, 0.1) is 11.7 Å². The lowest BCUT2D eigenvalue weighted by Gasteiger charge is -2.41. The number of halogens is 2. The molecule has 0 bridgehead atoms. The van der Waals surface area contributed by atoms with Crippen molar-refractivity contribution < 1.29 is 8.78 Å². The number of fused-ring (bicyclic) bond motifs is 2. The van der Waals surface area contributed by atoms with E-state index in [1.165, 1.54) is 41.6 Å². The molecule has 2 saturated heterocycles. The van der Waals surface area contributed by atoms with Crippen molar-refractivity contribution in [3.63, 3.8) is 0 Å². The van der Waals surface area contributed by atoms with Gasteiger partial charge in [-0.3, -0.25) is 0 Å². The highest BCUT2D eigenvalue weighted by atomic mass is 19.1. The van der Waals surface area contributed by atoms with Gasteiger partial charge >= 0.3 is 0 Å². The first-order chi connectivity index (χ1) is 15.0. The molecule has 0 spiro atoms. The third kappa shape index (κ3) is 3.13. The molecule has 0 saturated carbocycles. The Morgan fingerprint density at radius 1 is 1.16 bits per heavy atom. The van der Waals surface area contributed by atoms with E-state index in [4.69, 9.17) is 0 Å². The molecule has 3 nitrogen and oxygen atoms in total. The first-order valence-electron chi connectivity index (χ1n) is 11.2. The molecular weight excluding hydrogens is 392 g/mol. The molecule has 2 fully saturated rings. The minimum absolute atomic E-state index is 0.407. The van der Waals surface area contributed by atoms with E-state index in [-0.39, 0.29) is 0 Å². The summed E-state index contributed by atoms with van der Waals surface area (Å²) in [5, 5.41) is 0. The van der Waals surface area contributed by atoms with Gasteiger partial charge in [0.15, 0.2) is 0 Å². The maximum absolute atomic E-state index is 14.4. The Bertz CT molecular complexity index is 1040. The summed E-state index contributed by atoms with van der Waals surface area (Å²) in [6.07, 6.45) is 10.6. The summed E-state index contributed by atoms with van der Waals surface area (Å²) < 4.78 is 27.8. The third-order valence-electron chi connectivity index (χ3n) is 7.30. The van der Waals surface area contributed by atoms with Crippen LogP contribution in [-0.2, 0) is 6.54 Å². The van der Waals surface area contributed by atoms with Crippen molar-refractivity contribution in [3.05, 3.63) is 95.1 Å². The molecule has 4 heterocycles. The summed E-state index contributed by atoms with van der Waals surface area (Å²) in [6, 6.07) is 4.74. The Labute approximate surface area is 183 Å². The Hall–Kier alpha value is -2.82. The van der Waals surface area contributed by atoms with Crippen LogP contribution in [0, 0.1) is 11.6 Å². The van der Waals surface area contributed by atoms with Gasteiger partial charge in [-0.25, -0.2) is 8.78 Å². The zero-order chi connectivity index (χ0) is 21.7. The number of hydrogen-bond acceptors (Lipinski definition) is 3. The van der Waals surface area contributed by atoms with Gasteiger partial charge in [-0.2, -0.15) is 0 Å². The summed E-state index contributed by atoms with van der Waals surface area (Å²) in [5.41, 5.74) is 6.66. The van der Waals surface area contributed by atoms with E-state index < -0.39 is 11.6 Å². The van der Waals surface area contributed by atoms with Crippen LogP contribution in [-0.4, -0.2) is 39.9 Å². The first kappa shape index (κ1) is 20.1. The molecule has 2 unspecified atom stereocenters. The van der Waals surface area contributed by atoms with E-state index in [2.05, 4.69) is 40.9 Å². The maximum Gasteiger partial charge on any atom is 0.131 e. The van der Waals surface area contributed by atoms with Crippen LogP contribution in [0.1, 0.15) is 38.2 Å². The fourth-order valence-corrected chi connectivity index (χ4v) is 5.95. The normalized spacial score (nSPS) is 25.3. The van der Waals surface area contributed by atoms with E-state index in [0.717, 1.165) is 37.6 Å². The Morgan fingerprint density at radius 3 is 2.74 bits per heavy atom. The highest BCUT2D eigenvalue weighted by Crippen LogP contribution is 2.48. The molecule has 0 aliphatic carbocycles. The summed E-state index contributed by atoms with van der Waals surface area (Å²) in [4.78, 5) is 7.15. The van der Waals surface area contributed by atoms with Crippen LogP contribution >= 0.6 is 0 Å².